The summed E-state index contributed by atoms with van der Waals surface area (Å²) in [6, 6.07) is 6.90. The molecule has 2 aliphatic rings. The highest BCUT2D eigenvalue weighted by Crippen LogP contribution is 2.34. The van der Waals surface area contributed by atoms with E-state index in [4.69, 9.17) is 16.3 Å². The fraction of sp³-hybridized carbons (Fsp3) is 0.526. The molecule has 5 nitrogen and oxygen atoms in total. The molecule has 1 atom stereocenters. The second-order valence-electron chi connectivity index (χ2n) is 7.42. The Morgan fingerprint density at radius 3 is 2.81 bits per heavy atom. The monoisotopic (exact) mass is 396 g/mol. The van der Waals surface area contributed by atoms with Gasteiger partial charge in [-0.2, -0.15) is 4.31 Å². The van der Waals surface area contributed by atoms with E-state index in [-0.39, 0.29) is 11.5 Å². The van der Waals surface area contributed by atoms with Crippen LogP contribution in [0.1, 0.15) is 32.3 Å². The van der Waals surface area contributed by atoms with Crippen molar-refractivity contribution in [1.82, 2.24) is 4.31 Å². The van der Waals surface area contributed by atoms with Crippen LogP contribution in [0.4, 0.5) is 0 Å². The maximum Gasteiger partial charge on any atom is 0.243 e. The molecule has 1 aromatic rings. The lowest BCUT2D eigenvalue weighted by Crippen LogP contribution is -2.38. The number of aryl methyl sites for hydroxylation is 1. The molecular weight excluding hydrogens is 372 g/mol. The van der Waals surface area contributed by atoms with Gasteiger partial charge in [0.1, 0.15) is 12.4 Å². The zero-order chi connectivity index (χ0) is 18.9. The number of rotatable bonds is 5. The van der Waals surface area contributed by atoms with Crippen LogP contribution in [-0.2, 0) is 14.8 Å². The molecular formula is C19H25ClN2O3S. The number of aliphatic imine (C=N–C) groups is 1. The molecule has 0 aliphatic carbocycles. The van der Waals surface area contributed by atoms with E-state index in [2.05, 4.69) is 4.99 Å². The van der Waals surface area contributed by atoms with Crippen molar-refractivity contribution in [3.63, 3.8) is 0 Å². The molecule has 0 spiro atoms. The SMILES string of the molecule is Cc1ccccc1S(=O)(=O)N1CCC[C@@H]1COC1=C(Cl)C(C)(C)C=NC1. The van der Waals surface area contributed by atoms with Crippen LogP contribution < -0.4 is 0 Å². The molecule has 0 radical (unpaired) electrons. The van der Waals surface area contributed by atoms with Gasteiger partial charge in [-0.1, -0.05) is 29.8 Å². The molecule has 142 valence electrons. The van der Waals surface area contributed by atoms with Crippen LogP contribution in [0, 0.1) is 12.3 Å². The zero-order valence-corrected chi connectivity index (χ0v) is 17.0. The number of halogens is 1. The van der Waals surface area contributed by atoms with Gasteiger partial charge in [-0.3, -0.25) is 4.99 Å². The third-order valence-electron chi connectivity index (χ3n) is 4.91. The van der Waals surface area contributed by atoms with Crippen molar-refractivity contribution in [3.8, 4) is 0 Å². The van der Waals surface area contributed by atoms with Gasteiger partial charge in [-0.25, -0.2) is 8.42 Å². The van der Waals surface area contributed by atoms with Crippen LogP contribution in [0.3, 0.4) is 0 Å². The van der Waals surface area contributed by atoms with Crippen molar-refractivity contribution in [3.05, 3.63) is 40.6 Å². The van der Waals surface area contributed by atoms with E-state index in [0.717, 1.165) is 18.4 Å². The standard InChI is InChI=1S/C19H25ClN2O3S/c1-14-7-4-5-9-17(14)26(23,24)22-10-6-8-15(22)12-25-16-11-21-13-19(2,3)18(16)20/h4-5,7,9,13,15H,6,8,10-12H2,1-3H3/t15-/m1/s1. The number of hydrogen-bond acceptors (Lipinski definition) is 4. The number of nitrogens with zero attached hydrogens (tertiary/aromatic N) is 2. The smallest absolute Gasteiger partial charge is 0.243 e. The normalized spacial score (nSPS) is 23.5. The van der Waals surface area contributed by atoms with E-state index in [9.17, 15) is 8.42 Å². The van der Waals surface area contributed by atoms with Gasteiger partial charge in [-0.15, -0.1) is 0 Å². The maximum atomic E-state index is 13.1. The van der Waals surface area contributed by atoms with Crippen molar-refractivity contribution in [2.45, 2.75) is 44.6 Å². The zero-order valence-electron chi connectivity index (χ0n) is 15.4. The summed E-state index contributed by atoms with van der Waals surface area (Å²) in [5.74, 6) is 0.638. The first-order valence-electron chi connectivity index (χ1n) is 8.84. The van der Waals surface area contributed by atoms with Gasteiger partial charge in [0.15, 0.2) is 0 Å². The molecule has 26 heavy (non-hydrogen) atoms. The summed E-state index contributed by atoms with van der Waals surface area (Å²) in [6.45, 7) is 6.99. The van der Waals surface area contributed by atoms with Gasteiger partial charge in [0, 0.05) is 18.2 Å². The Kier molecular flexibility index (Phi) is 5.47. The highest BCUT2D eigenvalue weighted by Gasteiger charge is 2.37. The Hall–Kier alpha value is -1.37. The average molecular weight is 397 g/mol. The van der Waals surface area contributed by atoms with Gasteiger partial charge in [0.2, 0.25) is 10.0 Å². The molecule has 2 aliphatic heterocycles. The lowest BCUT2D eigenvalue weighted by atomic mass is 9.92. The summed E-state index contributed by atoms with van der Waals surface area (Å²) >= 11 is 6.43. The fourth-order valence-electron chi connectivity index (χ4n) is 3.41. The molecule has 3 rings (SSSR count). The Bertz CT molecular complexity index is 846. The van der Waals surface area contributed by atoms with Crippen molar-refractivity contribution in [1.29, 1.82) is 0 Å². The molecule has 0 N–H and O–H groups in total. The average Bonchev–Trinajstić information content (AvgIpc) is 3.06. The van der Waals surface area contributed by atoms with Crippen LogP contribution in [0.5, 0.6) is 0 Å². The third-order valence-corrected chi connectivity index (χ3v) is 7.72. The number of benzene rings is 1. The van der Waals surface area contributed by atoms with E-state index >= 15 is 0 Å². The number of hydrogen-bond donors (Lipinski definition) is 0. The van der Waals surface area contributed by atoms with E-state index < -0.39 is 10.0 Å². The van der Waals surface area contributed by atoms with Crippen molar-refractivity contribution < 1.29 is 13.2 Å². The van der Waals surface area contributed by atoms with Crippen LogP contribution in [-0.4, -0.2) is 44.7 Å². The third kappa shape index (κ3) is 3.68. The predicted molar refractivity (Wildman–Crippen MR) is 104 cm³/mol. The second-order valence-corrected chi connectivity index (χ2v) is 9.65. The highest BCUT2D eigenvalue weighted by atomic mass is 35.5. The molecule has 0 amide bonds. The van der Waals surface area contributed by atoms with Gasteiger partial charge in [0.25, 0.3) is 0 Å². The minimum Gasteiger partial charge on any atom is -0.493 e. The molecule has 1 aromatic carbocycles. The number of ether oxygens (including phenoxy) is 1. The topological polar surface area (TPSA) is 59.0 Å². The molecule has 0 saturated carbocycles. The Morgan fingerprint density at radius 1 is 1.35 bits per heavy atom. The number of dihydropyridines is 1. The molecule has 1 saturated heterocycles. The van der Waals surface area contributed by atoms with E-state index in [1.807, 2.05) is 39.1 Å². The van der Waals surface area contributed by atoms with E-state index in [1.54, 1.807) is 16.4 Å². The summed E-state index contributed by atoms with van der Waals surface area (Å²) < 4.78 is 33.7. The minimum absolute atomic E-state index is 0.189. The summed E-state index contributed by atoms with van der Waals surface area (Å²) in [7, 11) is -3.53. The lowest BCUT2D eigenvalue weighted by Gasteiger charge is -2.28. The second kappa shape index (κ2) is 7.33. The minimum atomic E-state index is -3.53. The first kappa shape index (κ1) is 19.4. The van der Waals surface area contributed by atoms with Crippen LogP contribution >= 0.6 is 11.6 Å². The van der Waals surface area contributed by atoms with Crippen molar-refractivity contribution in [2.24, 2.45) is 10.4 Å². The number of allylic oxidation sites excluding steroid dienone is 1. The summed E-state index contributed by atoms with van der Waals surface area (Å²) in [5.41, 5.74) is 0.408. The Labute approximate surface area is 160 Å². The maximum absolute atomic E-state index is 13.1. The largest absolute Gasteiger partial charge is 0.493 e. The molecule has 0 unspecified atom stereocenters. The van der Waals surface area contributed by atoms with E-state index in [1.165, 1.54) is 0 Å². The Morgan fingerprint density at radius 2 is 2.08 bits per heavy atom. The highest BCUT2D eigenvalue weighted by molar-refractivity contribution is 7.89. The first-order valence-corrected chi connectivity index (χ1v) is 10.7. The summed E-state index contributed by atoms with van der Waals surface area (Å²) in [5, 5.41) is 0.638. The van der Waals surface area contributed by atoms with Gasteiger partial charge in [-0.05, 0) is 45.2 Å². The number of sulfonamides is 1. The van der Waals surface area contributed by atoms with Crippen molar-refractivity contribution >= 4 is 27.8 Å². The van der Waals surface area contributed by atoms with Gasteiger partial charge >= 0.3 is 0 Å². The van der Waals surface area contributed by atoms with Crippen molar-refractivity contribution in [2.75, 3.05) is 19.7 Å². The summed E-state index contributed by atoms with van der Waals surface area (Å²) in [4.78, 5) is 4.68. The van der Waals surface area contributed by atoms with Crippen LogP contribution in [0.2, 0.25) is 0 Å². The van der Waals surface area contributed by atoms with Gasteiger partial charge in [0.05, 0.1) is 22.5 Å². The van der Waals surface area contributed by atoms with Crippen LogP contribution in [0.25, 0.3) is 0 Å². The van der Waals surface area contributed by atoms with E-state index in [0.29, 0.717) is 35.4 Å². The molecule has 7 heteroatoms. The Balaban J connectivity index is 1.76. The predicted octanol–water partition coefficient (Wildman–Crippen LogP) is 3.73. The van der Waals surface area contributed by atoms with Gasteiger partial charge < -0.3 is 4.74 Å². The molecule has 0 bridgehead atoms. The van der Waals surface area contributed by atoms with Crippen LogP contribution in [0.15, 0.2) is 44.9 Å². The quantitative estimate of drug-likeness (QED) is 0.761. The lowest BCUT2D eigenvalue weighted by molar-refractivity contribution is 0.154. The summed E-state index contributed by atoms with van der Waals surface area (Å²) in [6.07, 6.45) is 3.44. The first-order chi connectivity index (χ1) is 12.2. The molecule has 0 aromatic heterocycles. The fourth-order valence-corrected chi connectivity index (χ4v) is 5.48. The molecule has 2 heterocycles. The molecule has 1 fully saturated rings.